The Morgan fingerprint density at radius 2 is 2.53 bits per heavy atom. The van der Waals surface area contributed by atoms with Crippen molar-refractivity contribution in [3.8, 4) is 0 Å². The number of hydrogen-bond acceptors (Lipinski definition) is 4. The number of thioether (sulfide) groups is 2. The molecule has 2 aliphatic rings. The number of nitrogens with zero attached hydrogens (tertiary/aromatic N) is 1. The summed E-state index contributed by atoms with van der Waals surface area (Å²) in [6.07, 6.45) is 6.82. The van der Waals surface area contributed by atoms with Crippen molar-refractivity contribution in [3.63, 3.8) is 0 Å². The molecule has 1 heterocycles. The Hall–Kier alpha value is -0.390. The Balaban J connectivity index is 2.35. The molecule has 0 radical (unpaired) electrons. The number of carboxylic acids is 1. The molecule has 2 atom stereocenters. The maximum absolute atomic E-state index is 10.8. The zero-order chi connectivity index (χ0) is 11.1. The zero-order valence-corrected chi connectivity index (χ0v) is 10.2. The van der Waals surface area contributed by atoms with Crippen LogP contribution in [-0.4, -0.2) is 32.0 Å². The lowest BCUT2D eigenvalue weighted by molar-refractivity contribution is -0.132. The van der Waals surface area contributed by atoms with Gasteiger partial charge in [0, 0.05) is 0 Å². The van der Waals surface area contributed by atoms with E-state index in [2.05, 4.69) is 4.99 Å². The summed E-state index contributed by atoms with van der Waals surface area (Å²) in [7, 11) is 0. The Morgan fingerprint density at radius 3 is 3.13 bits per heavy atom. The van der Waals surface area contributed by atoms with E-state index in [1.165, 1.54) is 17.8 Å². The van der Waals surface area contributed by atoms with E-state index in [1.54, 1.807) is 23.9 Å². The van der Waals surface area contributed by atoms with Gasteiger partial charge in [-0.1, -0.05) is 35.5 Å². The Morgan fingerprint density at radius 1 is 1.80 bits per heavy atom. The zero-order valence-electron chi connectivity index (χ0n) is 7.81. The number of alkyl halides is 1. The smallest absolute Gasteiger partial charge is 0.335 e. The first-order valence-corrected chi connectivity index (χ1v) is 6.67. The van der Waals surface area contributed by atoms with Crippen molar-refractivity contribution in [2.45, 2.75) is 10.2 Å². The predicted molar refractivity (Wildman–Crippen MR) is 65.8 cm³/mol. The summed E-state index contributed by atoms with van der Waals surface area (Å²) < 4.78 is 0.891. The van der Waals surface area contributed by atoms with Gasteiger partial charge < -0.3 is 5.11 Å². The van der Waals surface area contributed by atoms with Crippen molar-refractivity contribution in [1.82, 2.24) is 0 Å². The molecule has 6 heteroatoms. The molecule has 1 aliphatic heterocycles. The van der Waals surface area contributed by atoms with E-state index in [4.69, 9.17) is 16.7 Å². The van der Waals surface area contributed by atoms with Crippen molar-refractivity contribution in [1.29, 1.82) is 0 Å². The number of carboxylic acid groups (broad SMARTS) is 1. The molecule has 0 spiro atoms. The van der Waals surface area contributed by atoms with Gasteiger partial charge in [-0.15, -0.1) is 11.8 Å². The van der Waals surface area contributed by atoms with Crippen molar-refractivity contribution in [3.05, 3.63) is 23.8 Å². The van der Waals surface area contributed by atoms with Crippen LogP contribution < -0.4 is 0 Å². The van der Waals surface area contributed by atoms with Crippen LogP contribution in [0.2, 0.25) is 0 Å². The molecule has 1 N–H and O–H groups in total. The fourth-order valence-electron chi connectivity index (χ4n) is 1.39. The molecule has 0 saturated heterocycles. The summed E-state index contributed by atoms with van der Waals surface area (Å²) in [5.41, 5.74) is 0.202. The summed E-state index contributed by atoms with van der Waals surface area (Å²) in [6.45, 7) is 0. The van der Waals surface area contributed by atoms with Crippen molar-refractivity contribution in [2.24, 2.45) is 4.99 Å². The van der Waals surface area contributed by atoms with Gasteiger partial charge in [-0.25, -0.2) is 9.79 Å². The molecule has 3 nitrogen and oxygen atoms in total. The summed E-state index contributed by atoms with van der Waals surface area (Å²) in [5, 5.41) is 8.86. The minimum absolute atomic E-state index is 0.00437. The van der Waals surface area contributed by atoms with Gasteiger partial charge in [-0.2, -0.15) is 0 Å². The van der Waals surface area contributed by atoms with Crippen molar-refractivity contribution in [2.75, 3.05) is 6.26 Å². The average molecular weight is 262 g/mol. The van der Waals surface area contributed by atoms with Crippen LogP contribution in [0.4, 0.5) is 0 Å². The van der Waals surface area contributed by atoms with Gasteiger partial charge >= 0.3 is 5.97 Å². The van der Waals surface area contributed by atoms with E-state index in [0.717, 1.165) is 4.38 Å². The van der Waals surface area contributed by atoms with Gasteiger partial charge in [0.05, 0.1) is 10.8 Å². The molecular weight excluding hydrogens is 254 g/mol. The van der Waals surface area contributed by atoms with Crippen LogP contribution in [0.1, 0.15) is 0 Å². The molecule has 1 aliphatic carbocycles. The van der Waals surface area contributed by atoms with Gasteiger partial charge in [-0.05, 0) is 12.3 Å². The Kier molecular flexibility index (Phi) is 2.87. The number of aliphatic imine (C=N–C) groups is 1. The van der Waals surface area contributed by atoms with Crippen molar-refractivity contribution < 1.29 is 9.90 Å². The summed E-state index contributed by atoms with van der Waals surface area (Å²) in [6, 6.07) is 0. The SMILES string of the molecule is CSC1=NC2(Cl)C=C(C(=O)O)C=CC2S1. The van der Waals surface area contributed by atoms with Gasteiger partial charge in [-0.3, -0.25) is 0 Å². The molecule has 2 rings (SSSR count). The average Bonchev–Trinajstić information content (AvgIpc) is 2.53. The van der Waals surface area contributed by atoms with Gasteiger partial charge in [0.2, 0.25) is 0 Å². The van der Waals surface area contributed by atoms with E-state index in [0.29, 0.717) is 0 Å². The molecule has 0 aromatic rings. The van der Waals surface area contributed by atoms with Gasteiger partial charge in [0.1, 0.15) is 4.38 Å². The first-order valence-electron chi connectivity index (χ1n) is 4.19. The second kappa shape index (κ2) is 3.88. The highest BCUT2D eigenvalue weighted by atomic mass is 35.5. The number of carbonyl (C=O) groups is 1. The second-order valence-corrected chi connectivity index (χ2v) is 5.90. The van der Waals surface area contributed by atoms with Gasteiger partial charge in [0.15, 0.2) is 5.00 Å². The second-order valence-electron chi connectivity index (χ2n) is 3.11. The molecule has 0 amide bonds. The highest BCUT2D eigenvalue weighted by molar-refractivity contribution is 8.39. The molecule has 0 saturated carbocycles. The monoisotopic (exact) mass is 261 g/mol. The molecule has 80 valence electrons. The topological polar surface area (TPSA) is 49.7 Å². The van der Waals surface area contributed by atoms with E-state index in [-0.39, 0.29) is 10.8 Å². The van der Waals surface area contributed by atoms with Crippen LogP contribution in [0, 0.1) is 0 Å². The first-order chi connectivity index (χ1) is 7.05. The predicted octanol–water partition coefficient (Wildman–Crippen LogP) is 2.34. The third-order valence-corrected chi connectivity index (χ3v) is 4.97. The van der Waals surface area contributed by atoms with Crippen LogP contribution in [0.5, 0.6) is 0 Å². The largest absolute Gasteiger partial charge is 0.478 e. The number of halogens is 1. The first kappa shape index (κ1) is 11.1. The molecule has 0 bridgehead atoms. The van der Waals surface area contributed by atoms with Crippen LogP contribution >= 0.6 is 35.1 Å². The standard InChI is InChI=1S/C9H8ClNO2S2/c1-14-8-11-9(10)4-5(7(12)13)2-3-6(9)15-8/h2-4,6H,1H3,(H,12,13). The van der Waals surface area contributed by atoms with E-state index < -0.39 is 11.0 Å². The minimum Gasteiger partial charge on any atom is -0.478 e. The number of rotatable bonds is 1. The van der Waals surface area contributed by atoms with Crippen LogP contribution in [0.3, 0.4) is 0 Å². The number of hydrogen-bond donors (Lipinski definition) is 1. The lowest BCUT2D eigenvalue weighted by Crippen LogP contribution is -2.28. The summed E-state index contributed by atoms with van der Waals surface area (Å²) in [4.78, 5) is 14.2. The Labute approximate surface area is 101 Å². The molecular formula is C9H8ClNO2S2. The quantitative estimate of drug-likeness (QED) is 0.581. The van der Waals surface area contributed by atoms with Crippen LogP contribution in [-0.2, 0) is 4.79 Å². The fourth-order valence-corrected chi connectivity index (χ4v) is 3.70. The van der Waals surface area contributed by atoms with Crippen LogP contribution in [0.25, 0.3) is 0 Å². The molecule has 15 heavy (non-hydrogen) atoms. The summed E-state index contributed by atoms with van der Waals surface area (Å²) in [5.74, 6) is -0.970. The maximum Gasteiger partial charge on any atom is 0.335 e. The lowest BCUT2D eigenvalue weighted by Gasteiger charge is -2.23. The minimum atomic E-state index is -0.970. The van der Waals surface area contributed by atoms with Crippen molar-refractivity contribution >= 4 is 45.5 Å². The molecule has 2 unspecified atom stereocenters. The van der Waals surface area contributed by atoms with Crippen LogP contribution in [0.15, 0.2) is 28.8 Å². The number of aliphatic carboxylic acids is 1. The van der Waals surface area contributed by atoms with E-state index in [1.807, 2.05) is 6.26 Å². The summed E-state index contributed by atoms with van der Waals surface area (Å²) >= 11 is 9.36. The van der Waals surface area contributed by atoms with Gasteiger partial charge in [0.25, 0.3) is 0 Å². The maximum atomic E-state index is 10.8. The highest BCUT2D eigenvalue weighted by Gasteiger charge is 2.42. The third-order valence-electron chi connectivity index (χ3n) is 2.12. The lowest BCUT2D eigenvalue weighted by atomic mass is 10.0. The Bertz CT molecular complexity index is 405. The van der Waals surface area contributed by atoms with E-state index in [9.17, 15) is 4.79 Å². The molecule has 0 fully saturated rings. The van der Waals surface area contributed by atoms with E-state index >= 15 is 0 Å². The molecule has 0 aromatic heterocycles. The normalized spacial score (nSPS) is 33.3. The fraction of sp³-hybridized carbons (Fsp3) is 0.333. The third kappa shape index (κ3) is 1.96. The molecule has 0 aromatic carbocycles. The highest BCUT2D eigenvalue weighted by Crippen LogP contribution is 2.45. The number of fused-ring (bicyclic) bond motifs is 1.